The molecule has 1 aliphatic rings. The van der Waals surface area contributed by atoms with Crippen molar-refractivity contribution in [3.05, 3.63) is 11.8 Å². The average molecular weight is 276 g/mol. The Kier molecular flexibility index (Phi) is 8.91. The Morgan fingerprint density at radius 3 is 1.56 bits per heavy atom. The van der Waals surface area contributed by atoms with Gasteiger partial charge < -0.3 is 18.0 Å². The van der Waals surface area contributed by atoms with E-state index in [0.717, 1.165) is 6.04 Å². The molecule has 0 aliphatic carbocycles. The van der Waals surface area contributed by atoms with E-state index in [4.69, 9.17) is 13.3 Å². The number of hydrogen-bond acceptors (Lipinski definition) is 5. The molecule has 1 aliphatic heterocycles. The average Bonchev–Trinajstić information content (AvgIpc) is 2.38. The van der Waals surface area contributed by atoms with E-state index in [1.54, 1.807) is 6.92 Å². The van der Waals surface area contributed by atoms with E-state index in [0.29, 0.717) is 25.4 Å². The fourth-order valence-corrected chi connectivity index (χ4v) is 3.50. The van der Waals surface area contributed by atoms with Crippen molar-refractivity contribution in [3.8, 4) is 0 Å². The topological polar surface area (TPSA) is 54.0 Å². The molecular formula is C12H24O5Si. The number of carbonyl (C=O) groups excluding carboxylic acids is 1. The molecule has 1 rings (SSSR count). The molecule has 1 heterocycles. The Morgan fingerprint density at radius 1 is 1.06 bits per heavy atom. The van der Waals surface area contributed by atoms with Crippen molar-refractivity contribution in [1.82, 2.24) is 0 Å². The maximum Gasteiger partial charge on any atom is 0.500 e. The van der Waals surface area contributed by atoms with Gasteiger partial charge in [0.05, 0.1) is 5.57 Å². The van der Waals surface area contributed by atoms with Crippen molar-refractivity contribution in [2.75, 3.05) is 19.8 Å². The van der Waals surface area contributed by atoms with Gasteiger partial charge in [-0.1, -0.05) is 6.92 Å². The second kappa shape index (κ2) is 9.27. The van der Waals surface area contributed by atoms with Gasteiger partial charge in [0.25, 0.3) is 0 Å². The van der Waals surface area contributed by atoms with E-state index in [2.05, 4.69) is 4.74 Å². The quantitative estimate of drug-likeness (QED) is 0.528. The first-order valence-electron chi connectivity index (χ1n) is 6.34. The van der Waals surface area contributed by atoms with Gasteiger partial charge in [-0.25, -0.2) is 4.79 Å². The molecule has 0 aromatic heterocycles. The summed E-state index contributed by atoms with van der Waals surface area (Å²) in [6.07, 6.45) is 1.43. The van der Waals surface area contributed by atoms with E-state index >= 15 is 0 Å². The van der Waals surface area contributed by atoms with Gasteiger partial charge in [-0.3, -0.25) is 0 Å². The third-order valence-electron chi connectivity index (χ3n) is 2.19. The molecule has 0 N–H and O–H groups in total. The minimum atomic E-state index is -2.27. The van der Waals surface area contributed by atoms with Gasteiger partial charge in [-0.05, 0) is 27.7 Å². The van der Waals surface area contributed by atoms with Crippen LogP contribution in [0.25, 0.3) is 0 Å². The maximum absolute atomic E-state index is 9.94. The Labute approximate surface area is 110 Å². The third kappa shape index (κ3) is 5.77. The first-order valence-corrected chi connectivity index (χ1v) is 8.27. The van der Waals surface area contributed by atoms with Crippen LogP contribution >= 0.6 is 0 Å². The summed E-state index contributed by atoms with van der Waals surface area (Å²) >= 11 is 0. The number of carbonyl (C=O) groups is 1. The highest BCUT2D eigenvalue weighted by Gasteiger charge is 2.37. The lowest BCUT2D eigenvalue weighted by molar-refractivity contribution is -0.138. The second-order valence-corrected chi connectivity index (χ2v) is 6.48. The normalized spacial score (nSPS) is 14.1. The smallest absolute Gasteiger partial charge is 0.430 e. The summed E-state index contributed by atoms with van der Waals surface area (Å²) in [5, 5.41) is 0. The molecule has 0 fully saturated rings. The van der Waals surface area contributed by atoms with E-state index in [9.17, 15) is 4.79 Å². The van der Waals surface area contributed by atoms with E-state index in [-0.39, 0.29) is 5.97 Å². The lowest BCUT2D eigenvalue weighted by Crippen LogP contribution is -2.45. The number of ether oxygens (including phenoxy) is 1. The van der Waals surface area contributed by atoms with Gasteiger partial charge in [-0.15, -0.1) is 0 Å². The summed E-state index contributed by atoms with van der Waals surface area (Å²) in [5.74, 6) is -0.199. The van der Waals surface area contributed by atoms with Gasteiger partial charge in [0, 0.05) is 25.9 Å². The molecule has 0 atom stereocenters. The number of cyclic esters (lactones) is 1. The Hall–Kier alpha value is -0.693. The Bertz CT molecular complexity index is 261. The molecule has 0 saturated heterocycles. The molecule has 5 nitrogen and oxygen atoms in total. The first-order chi connectivity index (χ1) is 8.55. The van der Waals surface area contributed by atoms with Crippen molar-refractivity contribution in [3.63, 3.8) is 0 Å². The lowest BCUT2D eigenvalue weighted by Gasteiger charge is -2.26. The maximum atomic E-state index is 9.94. The standard InChI is InChI=1S/C8H20O3Si.C4H4O2/c1-5-9-12(8-4,10-6-2)11-7-3;1-3-2-6-4(3)5/h5-8H2,1-4H3;2H,1H3. The summed E-state index contributed by atoms with van der Waals surface area (Å²) in [5.41, 5.74) is 0.704. The molecule has 0 unspecified atom stereocenters. The Morgan fingerprint density at radius 2 is 1.44 bits per heavy atom. The lowest BCUT2D eigenvalue weighted by atomic mass is 10.3. The van der Waals surface area contributed by atoms with Crippen molar-refractivity contribution in [1.29, 1.82) is 0 Å². The minimum absolute atomic E-state index is 0.199. The van der Waals surface area contributed by atoms with Crippen LogP contribution in [0.2, 0.25) is 6.04 Å². The molecular weight excluding hydrogens is 252 g/mol. The highest BCUT2D eigenvalue weighted by atomic mass is 28.4. The summed E-state index contributed by atoms with van der Waals surface area (Å²) in [7, 11) is -2.27. The van der Waals surface area contributed by atoms with E-state index in [1.165, 1.54) is 6.26 Å². The zero-order chi connectivity index (χ0) is 14.0. The van der Waals surface area contributed by atoms with Crippen LogP contribution in [0.5, 0.6) is 0 Å². The number of hydrogen-bond donors (Lipinski definition) is 0. The van der Waals surface area contributed by atoms with Gasteiger partial charge in [0.15, 0.2) is 0 Å². The number of esters is 1. The van der Waals surface area contributed by atoms with Crippen LogP contribution in [-0.2, 0) is 22.8 Å². The van der Waals surface area contributed by atoms with E-state index < -0.39 is 8.80 Å². The predicted octanol–water partition coefficient (Wildman–Crippen LogP) is 2.50. The summed E-state index contributed by atoms with van der Waals surface area (Å²) < 4.78 is 20.9. The Balaban J connectivity index is 0.000000397. The second-order valence-electron chi connectivity index (χ2n) is 3.54. The first kappa shape index (κ1) is 17.3. The molecule has 18 heavy (non-hydrogen) atoms. The van der Waals surface area contributed by atoms with Gasteiger partial charge in [-0.2, -0.15) is 0 Å². The molecule has 0 saturated carbocycles. The molecule has 0 spiro atoms. The SMILES string of the molecule is CC1=COC1=O.CCO[Si](CC)(OCC)OCC. The van der Waals surface area contributed by atoms with Crippen LogP contribution in [-0.4, -0.2) is 34.6 Å². The molecule has 6 heteroatoms. The van der Waals surface area contributed by atoms with Crippen LogP contribution in [0.4, 0.5) is 0 Å². The zero-order valence-corrected chi connectivity index (χ0v) is 12.9. The summed E-state index contributed by atoms with van der Waals surface area (Å²) in [4.78, 5) is 9.94. The van der Waals surface area contributed by atoms with Gasteiger partial charge in [0.1, 0.15) is 6.26 Å². The summed E-state index contributed by atoms with van der Waals surface area (Å²) in [6.45, 7) is 11.7. The van der Waals surface area contributed by atoms with E-state index in [1.807, 2.05) is 27.7 Å². The van der Waals surface area contributed by atoms with Crippen LogP contribution in [0.3, 0.4) is 0 Å². The molecule has 106 valence electrons. The fraction of sp³-hybridized carbons (Fsp3) is 0.750. The molecule has 0 amide bonds. The fourth-order valence-electron chi connectivity index (χ4n) is 1.32. The van der Waals surface area contributed by atoms with Crippen LogP contribution < -0.4 is 0 Å². The highest BCUT2D eigenvalue weighted by Crippen LogP contribution is 2.14. The largest absolute Gasteiger partial charge is 0.500 e. The number of rotatable bonds is 7. The van der Waals surface area contributed by atoms with Gasteiger partial charge in [0.2, 0.25) is 0 Å². The van der Waals surface area contributed by atoms with Crippen molar-refractivity contribution in [2.24, 2.45) is 0 Å². The van der Waals surface area contributed by atoms with Crippen LogP contribution in [0, 0.1) is 0 Å². The summed E-state index contributed by atoms with van der Waals surface area (Å²) in [6, 6.07) is 0.850. The van der Waals surface area contributed by atoms with Crippen molar-refractivity contribution < 1.29 is 22.8 Å². The van der Waals surface area contributed by atoms with Gasteiger partial charge >= 0.3 is 14.8 Å². The van der Waals surface area contributed by atoms with Crippen molar-refractivity contribution in [2.45, 2.75) is 40.7 Å². The molecule has 0 aromatic rings. The van der Waals surface area contributed by atoms with Crippen molar-refractivity contribution >= 4 is 14.8 Å². The zero-order valence-electron chi connectivity index (χ0n) is 11.9. The minimum Gasteiger partial charge on any atom is -0.430 e. The molecule has 0 bridgehead atoms. The molecule has 0 radical (unpaired) electrons. The highest BCUT2D eigenvalue weighted by molar-refractivity contribution is 6.60. The predicted molar refractivity (Wildman–Crippen MR) is 71.0 cm³/mol. The third-order valence-corrected chi connectivity index (χ3v) is 5.24. The monoisotopic (exact) mass is 276 g/mol. The molecule has 0 aromatic carbocycles. The van der Waals surface area contributed by atoms with Crippen LogP contribution in [0.1, 0.15) is 34.6 Å². The van der Waals surface area contributed by atoms with Crippen LogP contribution in [0.15, 0.2) is 11.8 Å².